The number of carbonyl (C=O) groups is 2. The Labute approximate surface area is 175 Å². The molecule has 2 aliphatic heterocycles. The summed E-state index contributed by atoms with van der Waals surface area (Å²) in [5, 5.41) is 3.01. The lowest BCUT2D eigenvalue weighted by molar-refractivity contribution is 0.0541. The molecule has 1 N–H and O–H groups in total. The highest BCUT2D eigenvalue weighted by Crippen LogP contribution is 2.24. The Hall–Kier alpha value is -1.88. The fourth-order valence-corrected chi connectivity index (χ4v) is 4.75. The largest absolute Gasteiger partial charge is 0.350 e. The second kappa shape index (κ2) is 10.2. The minimum atomic E-state index is -0.0680. The number of nitrogens with one attached hydrogen (secondary N) is 1. The van der Waals surface area contributed by atoms with Crippen molar-refractivity contribution in [2.75, 3.05) is 26.2 Å². The number of carbonyl (C=O) groups excluding carboxylic acids is 2. The smallest absolute Gasteiger partial charge is 0.253 e. The summed E-state index contributed by atoms with van der Waals surface area (Å²) in [5.41, 5.74) is 1.29. The molecule has 2 unspecified atom stereocenters. The van der Waals surface area contributed by atoms with E-state index in [-0.39, 0.29) is 17.9 Å². The molecule has 2 saturated heterocycles. The first kappa shape index (κ1) is 21.8. The van der Waals surface area contributed by atoms with Crippen molar-refractivity contribution in [2.45, 2.75) is 71.4 Å². The molecule has 3 rings (SSSR count). The van der Waals surface area contributed by atoms with Crippen molar-refractivity contribution >= 4 is 11.8 Å². The van der Waals surface area contributed by atoms with Crippen molar-refractivity contribution in [3.8, 4) is 0 Å². The van der Waals surface area contributed by atoms with Gasteiger partial charge < -0.3 is 10.2 Å². The molecule has 5 heteroatoms. The first-order valence-electron chi connectivity index (χ1n) is 11.4. The van der Waals surface area contributed by atoms with E-state index in [0.717, 1.165) is 44.7 Å². The van der Waals surface area contributed by atoms with E-state index in [4.69, 9.17) is 0 Å². The monoisotopic (exact) mass is 399 g/mol. The van der Waals surface area contributed by atoms with Gasteiger partial charge in [0.25, 0.3) is 11.8 Å². The normalized spacial score (nSPS) is 22.3. The lowest BCUT2D eigenvalue weighted by Gasteiger charge is -2.41. The standard InChI is InChI=1S/C24H37N3O2/c1-4-6-19(3)25-23(28)20-8-10-21(11-9-20)24(29)26-15-12-22(13-16-26)27-14-5-7-18(2)17-27/h8-11,18-19,22H,4-7,12-17H2,1-3H3,(H,25,28). The summed E-state index contributed by atoms with van der Waals surface area (Å²) in [6.07, 6.45) is 6.79. The lowest BCUT2D eigenvalue weighted by Crippen LogP contribution is -2.49. The Kier molecular flexibility index (Phi) is 7.70. The average molecular weight is 400 g/mol. The van der Waals surface area contributed by atoms with Gasteiger partial charge in [0, 0.05) is 42.8 Å². The van der Waals surface area contributed by atoms with Crippen molar-refractivity contribution in [1.29, 1.82) is 0 Å². The molecule has 0 spiro atoms. The molecule has 0 aromatic heterocycles. The van der Waals surface area contributed by atoms with Gasteiger partial charge in [0.1, 0.15) is 0 Å². The van der Waals surface area contributed by atoms with E-state index in [1.54, 1.807) is 24.3 Å². The molecule has 1 aromatic rings. The van der Waals surface area contributed by atoms with E-state index in [1.165, 1.54) is 25.9 Å². The van der Waals surface area contributed by atoms with Crippen LogP contribution in [0.5, 0.6) is 0 Å². The Bertz CT molecular complexity index is 680. The second-order valence-electron chi connectivity index (χ2n) is 9.01. The summed E-state index contributed by atoms with van der Waals surface area (Å²) in [6, 6.07) is 7.91. The predicted molar refractivity (Wildman–Crippen MR) is 117 cm³/mol. The predicted octanol–water partition coefficient (Wildman–Crippen LogP) is 3.94. The van der Waals surface area contributed by atoms with Gasteiger partial charge in [-0.2, -0.15) is 0 Å². The van der Waals surface area contributed by atoms with Crippen molar-refractivity contribution in [2.24, 2.45) is 5.92 Å². The first-order chi connectivity index (χ1) is 14.0. The van der Waals surface area contributed by atoms with Gasteiger partial charge in [-0.3, -0.25) is 14.5 Å². The van der Waals surface area contributed by atoms with Gasteiger partial charge >= 0.3 is 0 Å². The van der Waals surface area contributed by atoms with Crippen molar-refractivity contribution in [1.82, 2.24) is 15.1 Å². The zero-order valence-corrected chi connectivity index (χ0v) is 18.3. The van der Waals surface area contributed by atoms with Gasteiger partial charge in [0.05, 0.1) is 0 Å². The maximum absolute atomic E-state index is 12.9. The molecular weight excluding hydrogens is 362 g/mol. The zero-order valence-electron chi connectivity index (χ0n) is 18.3. The van der Waals surface area contributed by atoms with E-state index < -0.39 is 0 Å². The highest BCUT2D eigenvalue weighted by atomic mass is 16.2. The molecule has 2 atom stereocenters. The van der Waals surface area contributed by atoms with Crippen LogP contribution in [0.4, 0.5) is 0 Å². The highest BCUT2D eigenvalue weighted by Gasteiger charge is 2.29. The SMILES string of the molecule is CCCC(C)NC(=O)c1ccc(C(=O)N2CCC(N3CCCC(C)C3)CC2)cc1. The van der Waals surface area contributed by atoms with Crippen LogP contribution in [-0.2, 0) is 0 Å². The minimum absolute atomic E-state index is 0.0680. The number of amides is 2. The molecular formula is C24H37N3O2. The van der Waals surface area contributed by atoms with Crippen LogP contribution >= 0.6 is 0 Å². The third-order valence-electron chi connectivity index (χ3n) is 6.45. The number of likely N-dealkylation sites (tertiary alicyclic amines) is 2. The van der Waals surface area contributed by atoms with E-state index in [9.17, 15) is 9.59 Å². The van der Waals surface area contributed by atoms with Crippen molar-refractivity contribution < 1.29 is 9.59 Å². The van der Waals surface area contributed by atoms with Crippen LogP contribution < -0.4 is 5.32 Å². The molecule has 1 aromatic carbocycles. The van der Waals surface area contributed by atoms with Gasteiger partial charge in [-0.25, -0.2) is 0 Å². The van der Waals surface area contributed by atoms with Gasteiger partial charge in [-0.15, -0.1) is 0 Å². The summed E-state index contributed by atoms with van der Waals surface area (Å²) in [5.74, 6) is 0.812. The number of nitrogens with zero attached hydrogens (tertiary/aromatic N) is 2. The van der Waals surface area contributed by atoms with Crippen LogP contribution in [-0.4, -0.2) is 59.9 Å². The lowest BCUT2D eigenvalue weighted by atomic mass is 9.95. The van der Waals surface area contributed by atoms with Gasteiger partial charge in [0.2, 0.25) is 0 Å². The first-order valence-corrected chi connectivity index (χ1v) is 11.4. The Balaban J connectivity index is 1.51. The molecule has 2 aliphatic rings. The summed E-state index contributed by atoms with van der Waals surface area (Å²) >= 11 is 0. The van der Waals surface area contributed by atoms with Crippen LogP contribution in [0.1, 0.15) is 80.0 Å². The quantitative estimate of drug-likeness (QED) is 0.788. The summed E-state index contributed by atoms with van der Waals surface area (Å²) in [7, 11) is 0. The maximum Gasteiger partial charge on any atom is 0.253 e. The molecule has 29 heavy (non-hydrogen) atoms. The maximum atomic E-state index is 12.9. The molecule has 0 bridgehead atoms. The molecule has 160 valence electrons. The third-order valence-corrected chi connectivity index (χ3v) is 6.45. The number of piperidine rings is 2. The van der Waals surface area contributed by atoms with E-state index in [2.05, 4.69) is 24.1 Å². The Morgan fingerprint density at radius 1 is 1.07 bits per heavy atom. The van der Waals surface area contributed by atoms with E-state index in [0.29, 0.717) is 17.2 Å². The molecule has 0 aliphatic carbocycles. The average Bonchev–Trinajstić information content (AvgIpc) is 2.73. The summed E-state index contributed by atoms with van der Waals surface area (Å²) in [6.45, 7) is 10.5. The number of hydrogen-bond donors (Lipinski definition) is 1. The molecule has 2 fully saturated rings. The van der Waals surface area contributed by atoms with Crippen molar-refractivity contribution in [3.05, 3.63) is 35.4 Å². The topological polar surface area (TPSA) is 52.7 Å². The molecule has 5 nitrogen and oxygen atoms in total. The van der Waals surface area contributed by atoms with E-state index in [1.807, 2.05) is 11.8 Å². The Morgan fingerprint density at radius 2 is 1.72 bits per heavy atom. The zero-order chi connectivity index (χ0) is 20.8. The third kappa shape index (κ3) is 5.81. The van der Waals surface area contributed by atoms with Gasteiger partial charge in [0.15, 0.2) is 0 Å². The number of hydrogen-bond acceptors (Lipinski definition) is 3. The van der Waals surface area contributed by atoms with Crippen LogP contribution in [0.3, 0.4) is 0 Å². The fourth-order valence-electron chi connectivity index (χ4n) is 4.75. The fraction of sp³-hybridized carbons (Fsp3) is 0.667. The van der Waals surface area contributed by atoms with Gasteiger partial charge in [-0.1, -0.05) is 20.3 Å². The van der Waals surface area contributed by atoms with Gasteiger partial charge in [-0.05, 0) is 75.8 Å². The second-order valence-corrected chi connectivity index (χ2v) is 9.01. The summed E-state index contributed by atoms with van der Waals surface area (Å²) < 4.78 is 0. The van der Waals surface area contributed by atoms with E-state index >= 15 is 0 Å². The van der Waals surface area contributed by atoms with Crippen LogP contribution in [0.15, 0.2) is 24.3 Å². The minimum Gasteiger partial charge on any atom is -0.350 e. The van der Waals surface area contributed by atoms with Crippen molar-refractivity contribution in [3.63, 3.8) is 0 Å². The number of rotatable bonds is 6. The summed E-state index contributed by atoms with van der Waals surface area (Å²) in [4.78, 5) is 29.8. The van der Waals surface area contributed by atoms with Crippen LogP contribution in [0.25, 0.3) is 0 Å². The molecule has 0 saturated carbocycles. The number of benzene rings is 1. The Morgan fingerprint density at radius 3 is 2.34 bits per heavy atom. The highest BCUT2D eigenvalue weighted by molar-refractivity contribution is 5.98. The van der Waals surface area contributed by atoms with Crippen LogP contribution in [0.2, 0.25) is 0 Å². The molecule has 2 heterocycles. The molecule has 2 amide bonds. The van der Waals surface area contributed by atoms with Crippen LogP contribution in [0, 0.1) is 5.92 Å². The molecule has 0 radical (unpaired) electrons.